The normalized spacial score (nSPS) is 18.2. The quantitative estimate of drug-likeness (QED) is 0.577. The van der Waals surface area contributed by atoms with Crippen LogP contribution in [0.5, 0.6) is 0 Å². The van der Waals surface area contributed by atoms with Crippen molar-refractivity contribution in [2.24, 2.45) is 4.99 Å². The summed E-state index contributed by atoms with van der Waals surface area (Å²) in [6.07, 6.45) is 2.99. The van der Waals surface area contributed by atoms with Gasteiger partial charge < -0.3 is 0 Å². The minimum Gasteiger partial charge on any atom is -0.288 e. The van der Waals surface area contributed by atoms with E-state index in [9.17, 15) is 0 Å². The maximum Gasteiger partial charge on any atom is 0.0614 e. The predicted molar refractivity (Wildman–Crippen MR) is 39.6 cm³/mol. The van der Waals surface area contributed by atoms with Gasteiger partial charge in [0.05, 0.1) is 6.54 Å². The van der Waals surface area contributed by atoms with Crippen molar-refractivity contribution in [3.63, 3.8) is 0 Å². The molecule has 0 unspecified atom stereocenters. The molecule has 1 heterocycles. The topological polar surface area (TPSA) is 12.4 Å². The lowest BCUT2D eigenvalue weighted by Crippen LogP contribution is -1.80. The van der Waals surface area contributed by atoms with Gasteiger partial charge in [-0.3, -0.25) is 4.99 Å². The number of hydrogen-bond donors (Lipinski definition) is 0. The second-order valence-corrected chi connectivity index (χ2v) is 2.63. The number of rotatable bonds is 1. The molecule has 0 saturated heterocycles. The molecule has 1 nitrogen and oxygen atoms in total. The Kier molecular flexibility index (Phi) is 1.84. The summed E-state index contributed by atoms with van der Waals surface area (Å²) >= 11 is 3.40. The molecular formula is C6H8BrN. The van der Waals surface area contributed by atoms with Crippen LogP contribution in [0.4, 0.5) is 0 Å². The van der Waals surface area contributed by atoms with Gasteiger partial charge in [-0.2, -0.15) is 0 Å². The molecule has 1 aliphatic heterocycles. The van der Waals surface area contributed by atoms with Crippen molar-refractivity contribution in [2.75, 3.05) is 6.54 Å². The smallest absolute Gasteiger partial charge is 0.0614 e. The van der Waals surface area contributed by atoms with Gasteiger partial charge in [0, 0.05) is 10.7 Å². The van der Waals surface area contributed by atoms with E-state index in [0.29, 0.717) is 0 Å². The molecule has 0 aromatic carbocycles. The van der Waals surface area contributed by atoms with E-state index < -0.39 is 0 Å². The van der Waals surface area contributed by atoms with E-state index in [1.165, 1.54) is 10.1 Å². The van der Waals surface area contributed by atoms with Crippen molar-refractivity contribution in [1.29, 1.82) is 0 Å². The van der Waals surface area contributed by atoms with Crippen LogP contribution in [0, 0.1) is 0 Å². The van der Waals surface area contributed by atoms with E-state index in [0.717, 1.165) is 13.0 Å². The first-order chi connectivity index (χ1) is 3.84. The highest BCUT2D eigenvalue weighted by Crippen LogP contribution is 2.17. The summed E-state index contributed by atoms with van der Waals surface area (Å²) in [5.41, 5.74) is 1.41. The lowest BCUT2D eigenvalue weighted by molar-refractivity contribution is 1.03. The number of hydrogen-bond acceptors (Lipinski definition) is 1. The van der Waals surface area contributed by atoms with Crippen molar-refractivity contribution >= 4 is 22.1 Å². The molecule has 0 fully saturated rings. The van der Waals surface area contributed by atoms with Crippen molar-refractivity contribution in [1.82, 2.24) is 0 Å². The summed E-state index contributed by atoms with van der Waals surface area (Å²) in [4.78, 5) is 4.07. The fourth-order valence-electron chi connectivity index (χ4n) is 0.683. The fraction of sp³-hybridized carbons (Fsp3) is 0.500. The van der Waals surface area contributed by atoms with E-state index in [-0.39, 0.29) is 0 Å². The second kappa shape index (κ2) is 2.44. The van der Waals surface area contributed by atoms with E-state index in [4.69, 9.17) is 0 Å². The molecule has 0 atom stereocenters. The minimum absolute atomic E-state index is 0.900. The van der Waals surface area contributed by atoms with E-state index in [1.54, 1.807) is 0 Å². The van der Waals surface area contributed by atoms with Crippen molar-refractivity contribution in [3.05, 3.63) is 10.1 Å². The Morgan fingerprint density at radius 3 is 2.88 bits per heavy atom. The molecule has 0 spiro atoms. The highest BCUT2D eigenvalue weighted by molar-refractivity contribution is 9.12. The van der Waals surface area contributed by atoms with E-state index in [2.05, 4.69) is 27.8 Å². The van der Waals surface area contributed by atoms with Crippen LogP contribution in [0.25, 0.3) is 0 Å². The highest BCUT2D eigenvalue weighted by Gasteiger charge is 2.03. The molecular weight excluding hydrogens is 166 g/mol. The van der Waals surface area contributed by atoms with Gasteiger partial charge in [-0.05, 0) is 27.9 Å². The van der Waals surface area contributed by atoms with Gasteiger partial charge in [-0.25, -0.2) is 0 Å². The standard InChI is InChI=1S/C6H8BrN/c1-2-5-3-8-4-6(5)7/h4H,2-3H2,1H3. The molecule has 1 aliphatic rings. The highest BCUT2D eigenvalue weighted by atomic mass is 79.9. The predicted octanol–water partition coefficient (Wildman–Crippen LogP) is 2.13. The van der Waals surface area contributed by atoms with Crippen LogP contribution in [-0.2, 0) is 0 Å². The zero-order valence-electron chi connectivity index (χ0n) is 4.82. The van der Waals surface area contributed by atoms with E-state index in [1.807, 2.05) is 6.21 Å². The molecule has 0 aromatic rings. The van der Waals surface area contributed by atoms with Gasteiger partial charge in [0.2, 0.25) is 0 Å². The van der Waals surface area contributed by atoms with Crippen LogP contribution in [-0.4, -0.2) is 12.8 Å². The number of nitrogens with zero attached hydrogens (tertiary/aromatic N) is 1. The Balaban J connectivity index is 2.68. The first-order valence-corrected chi connectivity index (χ1v) is 3.51. The molecule has 0 bridgehead atoms. The molecule has 0 saturated carbocycles. The molecule has 2 heteroatoms. The minimum atomic E-state index is 0.900. The summed E-state index contributed by atoms with van der Waals surface area (Å²) in [5, 5.41) is 0. The van der Waals surface area contributed by atoms with Gasteiger partial charge in [-0.1, -0.05) is 6.92 Å². The molecule has 0 radical (unpaired) electrons. The second-order valence-electron chi connectivity index (χ2n) is 1.77. The number of allylic oxidation sites excluding steroid dienone is 1. The van der Waals surface area contributed by atoms with Gasteiger partial charge in [-0.15, -0.1) is 0 Å². The Morgan fingerprint density at radius 2 is 2.62 bits per heavy atom. The largest absolute Gasteiger partial charge is 0.288 e. The number of halogens is 1. The van der Waals surface area contributed by atoms with Crippen LogP contribution in [0.15, 0.2) is 15.0 Å². The third-order valence-corrected chi connectivity index (χ3v) is 2.02. The van der Waals surface area contributed by atoms with Gasteiger partial charge in [0.25, 0.3) is 0 Å². The van der Waals surface area contributed by atoms with Crippen LogP contribution < -0.4 is 0 Å². The Bertz CT molecular complexity index is 147. The summed E-state index contributed by atoms with van der Waals surface area (Å²) < 4.78 is 1.18. The molecule has 0 N–H and O–H groups in total. The Labute approximate surface area is 57.6 Å². The van der Waals surface area contributed by atoms with Crippen molar-refractivity contribution < 1.29 is 0 Å². The van der Waals surface area contributed by atoms with Crippen molar-refractivity contribution in [2.45, 2.75) is 13.3 Å². The van der Waals surface area contributed by atoms with Gasteiger partial charge in [0.15, 0.2) is 0 Å². The third kappa shape index (κ3) is 0.996. The van der Waals surface area contributed by atoms with Crippen molar-refractivity contribution in [3.8, 4) is 0 Å². The Hall–Kier alpha value is -0.110. The maximum absolute atomic E-state index is 4.07. The van der Waals surface area contributed by atoms with E-state index >= 15 is 0 Å². The Morgan fingerprint density at radius 1 is 1.88 bits per heavy atom. The fourth-order valence-corrected chi connectivity index (χ4v) is 1.23. The van der Waals surface area contributed by atoms with Crippen LogP contribution in [0.2, 0.25) is 0 Å². The number of aliphatic imine (C=N–C) groups is 1. The first kappa shape index (κ1) is 6.02. The molecule has 0 aliphatic carbocycles. The van der Waals surface area contributed by atoms with Gasteiger partial charge in [0.1, 0.15) is 0 Å². The molecule has 0 amide bonds. The molecule has 44 valence electrons. The SMILES string of the molecule is CCC1=C(Br)C=NC1. The summed E-state index contributed by atoms with van der Waals surface area (Å²) in [7, 11) is 0. The average molecular weight is 174 g/mol. The molecule has 1 rings (SSSR count). The lowest BCUT2D eigenvalue weighted by atomic mass is 10.2. The average Bonchev–Trinajstić information content (AvgIpc) is 2.14. The first-order valence-electron chi connectivity index (χ1n) is 2.72. The van der Waals surface area contributed by atoms with Gasteiger partial charge >= 0.3 is 0 Å². The monoisotopic (exact) mass is 173 g/mol. The summed E-state index contributed by atoms with van der Waals surface area (Å²) in [5.74, 6) is 0. The molecule has 8 heavy (non-hydrogen) atoms. The third-order valence-electron chi connectivity index (χ3n) is 1.25. The van der Waals surface area contributed by atoms with Crippen LogP contribution in [0.3, 0.4) is 0 Å². The lowest BCUT2D eigenvalue weighted by Gasteiger charge is -1.91. The zero-order valence-corrected chi connectivity index (χ0v) is 6.40. The van der Waals surface area contributed by atoms with Crippen LogP contribution >= 0.6 is 15.9 Å². The zero-order chi connectivity index (χ0) is 5.98. The molecule has 0 aromatic heterocycles. The maximum atomic E-state index is 4.07. The summed E-state index contributed by atoms with van der Waals surface area (Å²) in [6, 6.07) is 0. The van der Waals surface area contributed by atoms with Crippen LogP contribution in [0.1, 0.15) is 13.3 Å². The summed E-state index contributed by atoms with van der Waals surface area (Å²) in [6.45, 7) is 3.04.